The Kier molecular flexibility index (Phi) is 4.77. The zero-order valence-electron chi connectivity index (χ0n) is 17.3. The van der Waals surface area contributed by atoms with Crippen LogP contribution in [-0.4, -0.2) is 27.1 Å². The standard InChI is InChI=1S/C25H20F3N3O/c1-30-21-9-5-4-8-20(21)22(29-30)24(32)31-15-14-16-6-2-3-7-19(16)23(31)17-10-12-18(13-11-17)25(26,27)28/h2-13,23H,14-15H2,1H3. The Hall–Kier alpha value is -3.61. The van der Waals surface area contributed by atoms with E-state index in [0.717, 1.165) is 34.2 Å². The number of hydrogen-bond acceptors (Lipinski definition) is 2. The van der Waals surface area contributed by atoms with Gasteiger partial charge >= 0.3 is 6.18 Å². The van der Waals surface area contributed by atoms with Crippen molar-refractivity contribution in [3.63, 3.8) is 0 Å². The SMILES string of the molecule is Cn1nc(C(=O)N2CCc3ccccc3C2c2ccc(C(F)(F)F)cc2)c2ccccc21. The van der Waals surface area contributed by atoms with Gasteiger partial charge in [0.15, 0.2) is 5.69 Å². The largest absolute Gasteiger partial charge is 0.416 e. The van der Waals surface area contributed by atoms with E-state index in [0.29, 0.717) is 24.2 Å². The number of para-hydroxylation sites is 1. The highest BCUT2D eigenvalue weighted by atomic mass is 19.4. The lowest BCUT2D eigenvalue weighted by Gasteiger charge is -2.37. The number of rotatable bonds is 2. The highest BCUT2D eigenvalue weighted by Crippen LogP contribution is 2.38. The molecule has 3 aromatic carbocycles. The average molecular weight is 435 g/mol. The van der Waals surface area contributed by atoms with Gasteiger partial charge in [-0.05, 0) is 41.3 Å². The summed E-state index contributed by atoms with van der Waals surface area (Å²) < 4.78 is 41.0. The zero-order chi connectivity index (χ0) is 22.5. The van der Waals surface area contributed by atoms with Gasteiger partial charge in [0.05, 0.1) is 17.1 Å². The predicted octanol–water partition coefficient (Wildman–Crippen LogP) is 5.38. The molecule has 1 aromatic heterocycles. The molecule has 0 N–H and O–H groups in total. The number of amides is 1. The summed E-state index contributed by atoms with van der Waals surface area (Å²) in [5.74, 6) is -0.235. The Labute approximate surface area is 182 Å². The summed E-state index contributed by atoms with van der Waals surface area (Å²) in [6, 6.07) is 19.9. The highest BCUT2D eigenvalue weighted by molar-refractivity contribution is 6.05. The van der Waals surface area contributed by atoms with Crippen molar-refractivity contribution in [2.45, 2.75) is 18.6 Å². The Bertz CT molecular complexity index is 1310. The number of benzene rings is 3. The van der Waals surface area contributed by atoms with E-state index >= 15 is 0 Å². The fourth-order valence-corrected chi connectivity index (χ4v) is 4.51. The van der Waals surface area contributed by atoms with Crippen molar-refractivity contribution in [3.05, 3.63) is 101 Å². The summed E-state index contributed by atoms with van der Waals surface area (Å²) in [4.78, 5) is 15.4. The lowest BCUT2D eigenvalue weighted by Crippen LogP contribution is -2.41. The molecular weight excluding hydrogens is 415 g/mol. The monoisotopic (exact) mass is 435 g/mol. The molecule has 0 saturated heterocycles. The maximum Gasteiger partial charge on any atom is 0.416 e. The van der Waals surface area contributed by atoms with Crippen LogP contribution in [0.15, 0.2) is 72.8 Å². The second kappa shape index (κ2) is 7.51. The minimum Gasteiger partial charge on any atom is -0.326 e. The summed E-state index contributed by atoms with van der Waals surface area (Å²) in [6.45, 7) is 0.451. The van der Waals surface area contributed by atoms with E-state index in [1.807, 2.05) is 48.5 Å². The van der Waals surface area contributed by atoms with Gasteiger partial charge in [-0.25, -0.2) is 0 Å². The van der Waals surface area contributed by atoms with Crippen LogP contribution in [0.3, 0.4) is 0 Å². The smallest absolute Gasteiger partial charge is 0.326 e. The maximum atomic E-state index is 13.7. The molecule has 5 rings (SSSR count). The lowest BCUT2D eigenvalue weighted by molar-refractivity contribution is -0.137. The second-order valence-electron chi connectivity index (χ2n) is 7.96. The molecule has 1 atom stereocenters. The fraction of sp³-hybridized carbons (Fsp3) is 0.200. The van der Waals surface area contributed by atoms with Crippen LogP contribution in [-0.2, 0) is 19.6 Å². The molecule has 32 heavy (non-hydrogen) atoms. The van der Waals surface area contributed by atoms with Gasteiger partial charge in [-0.2, -0.15) is 18.3 Å². The minimum absolute atomic E-state index is 0.235. The molecule has 1 aliphatic rings. The molecule has 1 amide bonds. The van der Waals surface area contributed by atoms with Crippen LogP contribution in [0, 0.1) is 0 Å². The third-order valence-corrected chi connectivity index (χ3v) is 6.06. The fourth-order valence-electron chi connectivity index (χ4n) is 4.51. The number of fused-ring (bicyclic) bond motifs is 2. The molecule has 0 fully saturated rings. The Balaban J connectivity index is 1.61. The van der Waals surface area contributed by atoms with E-state index in [1.165, 1.54) is 12.1 Å². The Morgan fingerprint density at radius 3 is 2.41 bits per heavy atom. The first-order valence-corrected chi connectivity index (χ1v) is 10.3. The molecule has 1 unspecified atom stereocenters. The van der Waals surface area contributed by atoms with Crippen molar-refractivity contribution in [2.75, 3.05) is 6.54 Å². The van der Waals surface area contributed by atoms with Crippen molar-refractivity contribution >= 4 is 16.8 Å². The lowest BCUT2D eigenvalue weighted by atomic mass is 9.87. The van der Waals surface area contributed by atoms with Crippen LogP contribution in [0.25, 0.3) is 10.9 Å². The topological polar surface area (TPSA) is 38.1 Å². The van der Waals surface area contributed by atoms with Gasteiger partial charge in [-0.15, -0.1) is 0 Å². The molecule has 0 saturated carbocycles. The molecule has 4 aromatic rings. The number of nitrogens with zero attached hydrogens (tertiary/aromatic N) is 3. The van der Waals surface area contributed by atoms with Gasteiger partial charge in [0.1, 0.15) is 0 Å². The number of alkyl halides is 3. The normalized spacial score (nSPS) is 16.2. The Morgan fingerprint density at radius 2 is 1.66 bits per heavy atom. The van der Waals surface area contributed by atoms with Crippen LogP contribution >= 0.6 is 0 Å². The predicted molar refractivity (Wildman–Crippen MR) is 115 cm³/mol. The van der Waals surface area contributed by atoms with Crippen LogP contribution in [0.1, 0.15) is 38.8 Å². The van der Waals surface area contributed by atoms with Gasteiger partial charge in [-0.3, -0.25) is 9.48 Å². The summed E-state index contributed by atoms with van der Waals surface area (Å²) >= 11 is 0. The zero-order valence-corrected chi connectivity index (χ0v) is 17.3. The third-order valence-electron chi connectivity index (χ3n) is 6.06. The van der Waals surface area contributed by atoms with Crippen LogP contribution < -0.4 is 0 Å². The molecule has 2 heterocycles. The molecule has 0 aliphatic carbocycles. The number of halogens is 3. The van der Waals surface area contributed by atoms with E-state index in [1.54, 1.807) is 16.6 Å². The summed E-state index contributed by atoms with van der Waals surface area (Å²) in [5, 5.41) is 5.23. The minimum atomic E-state index is -4.41. The van der Waals surface area contributed by atoms with Gasteiger partial charge < -0.3 is 4.90 Å². The first-order chi connectivity index (χ1) is 15.3. The molecule has 0 spiro atoms. The van der Waals surface area contributed by atoms with Crippen LogP contribution in [0.2, 0.25) is 0 Å². The van der Waals surface area contributed by atoms with Crippen LogP contribution in [0.5, 0.6) is 0 Å². The highest BCUT2D eigenvalue weighted by Gasteiger charge is 2.35. The van der Waals surface area contributed by atoms with E-state index < -0.39 is 17.8 Å². The summed E-state index contributed by atoms with van der Waals surface area (Å²) in [5.41, 5.74) is 3.14. The number of aryl methyl sites for hydroxylation is 1. The first-order valence-electron chi connectivity index (χ1n) is 10.3. The second-order valence-corrected chi connectivity index (χ2v) is 7.96. The number of carbonyl (C=O) groups is 1. The van der Waals surface area contributed by atoms with Gasteiger partial charge in [0, 0.05) is 19.0 Å². The molecule has 0 radical (unpaired) electrons. The summed E-state index contributed by atoms with van der Waals surface area (Å²) in [6.07, 6.45) is -3.74. The van der Waals surface area contributed by atoms with Crippen molar-refractivity contribution in [1.29, 1.82) is 0 Å². The summed E-state index contributed by atoms with van der Waals surface area (Å²) in [7, 11) is 1.79. The van der Waals surface area contributed by atoms with E-state index in [2.05, 4.69) is 5.10 Å². The average Bonchev–Trinajstić information content (AvgIpc) is 3.14. The molecule has 4 nitrogen and oxygen atoms in total. The number of hydrogen-bond donors (Lipinski definition) is 0. The van der Waals surface area contributed by atoms with Crippen molar-refractivity contribution in [1.82, 2.24) is 14.7 Å². The molecule has 7 heteroatoms. The van der Waals surface area contributed by atoms with Crippen molar-refractivity contribution in [3.8, 4) is 0 Å². The van der Waals surface area contributed by atoms with E-state index in [9.17, 15) is 18.0 Å². The molecule has 1 aliphatic heterocycles. The Morgan fingerprint density at radius 1 is 0.969 bits per heavy atom. The molecule has 162 valence electrons. The number of carbonyl (C=O) groups excluding carboxylic acids is 1. The number of aromatic nitrogens is 2. The van der Waals surface area contributed by atoms with Crippen LogP contribution in [0.4, 0.5) is 13.2 Å². The molecule has 0 bridgehead atoms. The molecular formula is C25H20F3N3O. The van der Waals surface area contributed by atoms with E-state index in [-0.39, 0.29) is 5.91 Å². The quantitative estimate of drug-likeness (QED) is 0.424. The van der Waals surface area contributed by atoms with Gasteiger partial charge in [0.25, 0.3) is 5.91 Å². The maximum absolute atomic E-state index is 13.7. The van der Waals surface area contributed by atoms with Crippen molar-refractivity contribution < 1.29 is 18.0 Å². The van der Waals surface area contributed by atoms with E-state index in [4.69, 9.17) is 0 Å². The van der Waals surface area contributed by atoms with Crippen molar-refractivity contribution in [2.24, 2.45) is 7.05 Å². The first kappa shape index (κ1) is 20.3. The van der Waals surface area contributed by atoms with Gasteiger partial charge in [0.2, 0.25) is 0 Å². The van der Waals surface area contributed by atoms with Gasteiger partial charge in [-0.1, -0.05) is 54.6 Å². The third kappa shape index (κ3) is 3.34.